The monoisotopic (exact) mass is 195 g/mol. The summed E-state index contributed by atoms with van der Waals surface area (Å²) in [5.41, 5.74) is 7.96. The fraction of sp³-hybridized carbons (Fsp3) is 0.500. The zero-order valence-corrected chi connectivity index (χ0v) is 7.37. The van der Waals surface area contributed by atoms with Gasteiger partial charge in [-0.3, -0.25) is 4.79 Å². The number of carbonyl (C=O) groups excluding carboxylic acids is 1. The van der Waals surface area contributed by atoms with Crippen LogP contribution in [0.4, 0.5) is 0 Å². The van der Waals surface area contributed by atoms with Crippen LogP contribution in [0.25, 0.3) is 10.4 Å². The molecule has 0 aromatic carbocycles. The van der Waals surface area contributed by atoms with Crippen molar-refractivity contribution in [1.82, 2.24) is 20.3 Å². The maximum Gasteiger partial charge on any atom is 0.241 e. The van der Waals surface area contributed by atoms with Gasteiger partial charge in [0, 0.05) is 24.2 Å². The molecule has 0 bridgehead atoms. The zero-order valence-electron chi connectivity index (χ0n) is 7.37. The van der Waals surface area contributed by atoms with Crippen LogP contribution in [-0.4, -0.2) is 34.0 Å². The van der Waals surface area contributed by atoms with Crippen LogP contribution in [0.2, 0.25) is 0 Å². The topological polar surface area (TPSA) is 109 Å². The highest BCUT2D eigenvalue weighted by Gasteiger charge is 2.00. The summed E-state index contributed by atoms with van der Waals surface area (Å²) in [6.07, 6.45) is 3.08. The second kappa shape index (κ2) is 5.55. The Bertz CT molecular complexity index is 326. The van der Waals surface area contributed by atoms with Crippen molar-refractivity contribution in [2.75, 3.05) is 13.1 Å². The fourth-order valence-corrected chi connectivity index (χ4v) is 0.810. The van der Waals surface area contributed by atoms with Crippen LogP contribution in [-0.2, 0) is 11.3 Å². The predicted octanol–water partition coefficient (Wildman–Crippen LogP) is -0.295. The highest BCUT2D eigenvalue weighted by Crippen LogP contribution is 1.80. The second-order valence-electron chi connectivity index (χ2n) is 2.41. The molecule has 0 aliphatic rings. The van der Waals surface area contributed by atoms with Crippen molar-refractivity contribution < 1.29 is 4.79 Å². The molecule has 0 aliphatic carbocycles. The van der Waals surface area contributed by atoms with Crippen molar-refractivity contribution in [3.63, 3.8) is 0 Å². The molecule has 0 saturated heterocycles. The van der Waals surface area contributed by atoms with Gasteiger partial charge in [0.25, 0.3) is 0 Å². The lowest BCUT2D eigenvalue weighted by molar-refractivity contribution is -0.121. The normalized spacial score (nSPS) is 9.14. The molecule has 1 aromatic heterocycles. The minimum Gasteiger partial charge on any atom is -0.354 e. The number of rotatable bonds is 5. The lowest BCUT2D eigenvalue weighted by atomic mass is 10.5. The van der Waals surface area contributed by atoms with Gasteiger partial charge in [0.05, 0.1) is 6.20 Å². The van der Waals surface area contributed by atoms with Gasteiger partial charge in [-0.2, -0.15) is 0 Å². The van der Waals surface area contributed by atoms with Gasteiger partial charge in [-0.1, -0.05) is 10.3 Å². The van der Waals surface area contributed by atoms with Gasteiger partial charge in [-0.25, -0.2) is 4.68 Å². The number of hydrogen-bond donors (Lipinski definition) is 1. The van der Waals surface area contributed by atoms with E-state index in [4.69, 9.17) is 5.53 Å². The maximum absolute atomic E-state index is 11.1. The van der Waals surface area contributed by atoms with Crippen molar-refractivity contribution in [3.05, 3.63) is 22.8 Å². The zero-order chi connectivity index (χ0) is 10.2. The lowest BCUT2D eigenvalue weighted by Crippen LogP contribution is -2.29. The highest BCUT2D eigenvalue weighted by molar-refractivity contribution is 5.75. The molecule has 1 rings (SSSR count). The third-order valence-corrected chi connectivity index (χ3v) is 1.37. The van der Waals surface area contributed by atoms with Crippen molar-refractivity contribution in [2.24, 2.45) is 5.11 Å². The standard InChI is InChI=1S/C6H9N7O/c7-11-9-2-1-8-6(14)5-13-4-3-10-12-13/h3-4H,1-2,5H2,(H,8,14). The molecule has 1 amide bonds. The minimum absolute atomic E-state index is 0.121. The van der Waals surface area contributed by atoms with Crippen molar-refractivity contribution in [3.8, 4) is 0 Å². The quantitative estimate of drug-likeness (QED) is 0.301. The summed E-state index contributed by atoms with van der Waals surface area (Å²) in [4.78, 5) is 13.7. The van der Waals surface area contributed by atoms with Crippen LogP contribution >= 0.6 is 0 Å². The van der Waals surface area contributed by atoms with Crippen LogP contribution in [0, 0.1) is 0 Å². The smallest absolute Gasteiger partial charge is 0.241 e. The second-order valence-corrected chi connectivity index (χ2v) is 2.41. The maximum atomic E-state index is 11.1. The van der Waals surface area contributed by atoms with Gasteiger partial charge < -0.3 is 5.32 Å². The molecule has 8 heteroatoms. The molecule has 0 unspecified atom stereocenters. The van der Waals surface area contributed by atoms with E-state index in [0.29, 0.717) is 6.54 Å². The van der Waals surface area contributed by atoms with E-state index in [1.165, 1.54) is 10.9 Å². The van der Waals surface area contributed by atoms with Gasteiger partial charge in [0.1, 0.15) is 6.54 Å². The summed E-state index contributed by atoms with van der Waals surface area (Å²) < 4.78 is 1.41. The molecular formula is C6H9N7O. The van der Waals surface area contributed by atoms with E-state index in [-0.39, 0.29) is 19.0 Å². The number of hydrogen-bond acceptors (Lipinski definition) is 4. The van der Waals surface area contributed by atoms with Crippen LogP contribution in [0.15, 0.2) is 17.5 Å². The van der Waals surface area contributed by atoms with Crippen LogP contribution in [0.3, 0.4) is 0 Å². The van der Waals surface area contributed by atoms with Crippen LogP contribution in [0.5, 0.6) is 0 Å². The van der Waals surface area contributed by atoms with Crippen molar-refractivity contribution in [2.45, 2.75) is 6.54 Å². The third kappa shape index (κ3) is 3.55. The molecule has 74 valence electrons. The third-order valence-electron chi connectivity index (χ3n) is 1.37. The predicted molar refractivity (Wildman–Crippen MR) is 47.0 cm³/mol. The van der Waals surface area contributed by atoms with E-state index >= 15 is 0 Å². The Morgan fingerprint density at radius 3 is 3.21 bits per heavy atom. The summed E-state index contributed by atoms with van der Waals surface area (Å²) in [7, 11) is 0. The van der Waals surface area contributed by atoms with Gasteiger partial charge in [-0.15, -0.1) is 5.10 Å². The Morgan fingerprint density at radius 1 is 1.71 bits per heavy atom. The fourth-order valence-electron chi connectivity index (χ4n) is 0.810. The Kier molecular flexibility index (Phi) is 3.96. The molecule has 0 spiro atoms. The number of amides is 1. The number of aromatic nitrogens is 3. The van der Waals surface area contributed by atoms with E-state index < -0.39 is 0 Å². The van der Waals surface area contributed by atoms with E-state index in [1.807, 2.05) is 0 Å². The summed E-state index contributed by atoms with van der Waals surface area (Å²) >= 11 is 0. The average molecular weight is 195 g/mol. The number of carbonyl (C=O) groups is 1. The van der Waals surface area contributed by atoms with E-state index in [0.717, 1.165) is 0 Å². The van der Waals surface area contributed by atoms with Gasteiger partial charge in [0.2, 0.25) is 5.91 Å². The molecule has 0 radical (unpaired) electrons. The highest BCUT2D eigenvalue weighted by atomic mass is 16.2. The first kappa shape index (κ1) is 10.0. The average Bonchev–Trinajstić information content (AvgIpc) is 2.65. The Morgan fingerprint density at radius 2 is 2.57 bits per heavy atom. The molecule has 0 saturated carbocycles. The SMILES string of the molecule is [N-]=[N+]=NCCNC(=O)Cn1ccnn1. The van der Waals surface area contributed by atoms with Crippen molar-refractivity contribution >= 4 is 5.91 Å². The summed E-state index contributed by atoms with van der Waals surface area (Å²) in [6, 6.07) is 0. The number of nitrogens with one attached hydrogen (secondary N) is 1. The van der Waals surface area contributed by atoms with Gasteiger partial charge in [-0.05, 0) is 5.53 Å². The summed E-state index contributed by atoms with van der Waals surface area (Å²) in [6.45, 7) is 0.702. The van der Waals surface area contributed by atoms with E-state index in [2.05, 4.69) is 25.7 Å². The molecule has 0 aliphatic heterocycles. The molecule has 0 fully saturated rings. The Balaban J connectivity index is 2.20. The first-order chi connectivity index (χ1) is 6.83. The van der Waals surface area contributed by atoms with E-state index in [9.17, 15) is 4.79 Å². The molecule has 14 heavy (non-hydrogen) atoms. The van der Waals surface area contributed by atoms with E-state index in [1.54, 1.807) is 6.20 Å². The summed E-state index contributed by atoms with van der Waals surface area (Å²) in [5.74, 6) is -0.191. The largest absolute Gasteiger partial charge is 0.354 e. The molecule has 1 N–H and O–H groups in total. The number of nitrogens with zero attached hydrogens (tertiary/aromatic N) is 6. The van der Waals surface area contributed by atoms with Crippen molar-refractivity contribution in [1.29, 1.82) is 0 Å². The Labute approximate surface area is 79.5 Å². The van der Waals surface area contributed by atoms with Gasteiger partial charge in [0.15, 0.2) is 0 Å². The molecule has 0 atom stereocenters. The molecule has 1 aromatic rings. The Hall–Kier alpha value is -2.08. The molecule has 8 nitrogen and oxygen atoms in total. The molecule has 1 heterocycles. The number of azide groups is 1. The summed E-state index contributed by atoms with van der Waals surface area (Å²) in [5, 5.41) is 13.0. The van der Waals surface area contributed by atoms with Crippen LogP contribution < -0.4 is 5.32 Å². The first-order valence-electron chi connectivity index (χ1n) is 3.94. The lowest BCUT2D eigenvalue weighted by Gasteiger charge is -2.01. The van der Waals surface area contributed by atoms with Crippen LogP contribution in [0.1, 0.15) is 0 Å². The minimum atomic E-state index is -0.191. The molecular weight excluding hydrogens is 186 g/mol. The van der Waals surface area contributed by atoms with Gasteiger partial charge >= 0.3 is 0 Å². The first-order valence-corrected chi connectivity index (χ1v) is 3.94.